The Bertz CT molecular complexity index is 647. The summed E-state index contributed by atoms with van der Waals surface area (Å²) >= 11 is 0. The van der Waals surface area contributed by atoms with Gasteiger partial charge in [0.25, 0.3) is 0 Å². The van der Waals surface area contributed by atoms with Crippen molar-refractivity contribution < 1.29 is 28.3 Å². The van der Waals surface area contributed by atoms with Crippen molar-refractivity contribution >= 4 is 11.9 Å². The number of carbonyl (C=O) groups is 1. The van der Waals surface area contributed by atoms with Gasteiger partial charge in [-0.25, -0.2) is 4.79 Å². The first-order chi connectivity index (χ1) is 10.6. The van der Waals surface area contributed by atoms with Crippen molar-refractivity contribution in [1.29, 1.82) is 0 Å². The highest BCUT2D eigenvalue weighted by atomic mass is 16.7. The molecule has 1 aromatic heterocycles. The van der Waals surface area contributed by atoms with Crippen molar-refractivity contribution in [3.63, 3.8) is 0 Å². The van der Waals surface area contributed by atoms with Gasteiger partial charge in [0.2, 0.25) is 5.76 Å². The first-order valence-corrected chi connectivity index (χ1v) is 6.28. The molecule has 0 fully saturated rings. The molecule has 0 aliphatic heterocycles. The van der Waals surface area contributed by atoms with E-state index >= 15 is 0 Å². The summed E-state index contributed by atoms with van der Waals surface area (Å²) in [6.45, 7) is 0.125. The Morgan fingerprint density at radius 1 is 1.14 bits per heavy atom. The fourth-order valence-electron chi connectivity index (χ4n) is 1.57. The summed E-state index contributed by atoms with van der Waals surface area (Å²) in [6.07, 6.45) is 0. The van der Waals surface area contributed by atoms with Crippen LogP contribution in [0.4, 0.5) is 5.88 Å². The van der Waals surface area contributed by atoms with Crippen LogP contribution in [-0.2, 0) is 4.74 Å². The van der Waals surface area contributed by atoms with E-state index in [1.165, 1.54) is 6.07 Å². The molecule has 2 rings (SSSR count). The number of hydrogen-bond donors (Lipinski definition) is 0. The van der Waals surface area contributed by atoms with E-state index in [-0.39, 0.29) is 19.0 Å². The fraction of sp³-hybridized carbons (Fsp3) is 0.214. The predicted molar refractivity (Wildman–Crippen MR) is 74.1 cm³/mol. The molecule has 0 atom stereocenters. The Balaban J connectivity index is 1.75. The average Bonchev–Trinajstić information content (AvgIpc) is 3.02. The second-order valence-corrected chi connectivity index (χ2v) is 4.05. The van der Waals surface area contributed by atoms with Crippen LogP contribution in [0.5, 0.6) is 11.5 Å². The molecule has 0 N–H and O–H groups in total. The van der Waals surface area contributed by atoms with Crippen LogP contribution in [0.3, 0.4) is 0 Å². The summed E-state index contributed by atoms with van der Waals surface area (Å²) in [5.41, 5.74) is 0. The third-order valence-electron chi connectivity index (χ3n) is 2.62. The van der Waals surface area contributed by atoms with E-state index in [1.54, 1.807) is 31.4 Å². The van der Waals surface area contributed by atoms with Gasteiger partial charge in [-0.1, -0.05) is 0 Å². The maximum absolute atomic E-state index is 11.6. The van der Waals surface area contributed by atoms with Crippen molar-refractivity contribution in [2.24, 2.45) is 0 Å². The largest absolute Gasteiger partial charge is 0.497 e. The number of rotatable bonds is 7. The molecular formula is C14H13NO7. The van der Waals surface area contributed by atoms with Gasteiger partial charge in [-0.15, -0.1) is 0 Å². The van der Waals surface area contributed by atoms with Crippen LogP contribution in [-0.4, -0.2) is 31.2 Å². The molecule has 0 aliphatic rings. The lowest BCUT2D eigenvalue weighted by molar-refractivity contribution is -0.402. The van der Waals surface area contributed by atoms with Gasteiger partial charge in [0.15, 0.2) is 0 Å². The molecule has 0 saturated heterocycles. The number of hydrogen-bond acceptors (Lipinski definition) is 7. The maximum Gasteiger partial charge on any atom is 0.433 e. The lowest BCUT2D eigenvalue weighted by Crippen LogP contribution is -2.11. The van der Waals surface area contributed by atoms with E-state index in [2.05, 4.69) is 0 Å². The second kappa shape index (κ2) is 7.11. The van der Waals surface area contributed by atoms with Gasteiger partial charge in [-0.3, -0.25) is 10.1 Å². The molecule has 1 heterocycles. The van der Waals surface area contributed by atoms with Gasteiger partial charge in [-0.2, -0.15) is 0 Å². The van der Waals surface area contributed by atoms with E-state index in [4.69, 9.17) is 18.6 Å². The second-order valence-electron chi connectivity index (χ2n) is 4.05. The Hall–Kier alpha value is -3.03. The molecule has 8 nitrogen and oxygen atoms in total. The molecule has 0 aliphatic carbocycles. The van der Waals surface area contributed by atoms with E-state index in [0.29, 0.717) is 11.5 Å². The summed E-state index contributed by atoms with van der Waals surface area (Å²) in [4.78, 5) is 21.3. The summed E-state index contributed by atoms with van der Waals surface area (Å²) < 4.78 is 20.0. The standard InChI is InChI=1S/C14H13NO7/c1-19-10-2-4-11(5-3-10)20-8-9-21-14(16)12-6-7-13(22-12)15(17)18/h2-7H,8-9H2,1H3. The van der Waals surface area contributed by atoms with Crippen molar-refractivity contribution in [1.82, 2.24) is 0 Å². The number of nitrogens with zero attached hydrogens (tertiary/aromatic N) is 1. The molecule has 0 saturated carbocycles. The summed E-state index contributed by atoms with van der Waals surface area (Å²) in [6, 6.07) is 9.19. The quantitative estimate of drug-likeness (QED) is 0.335. The minimum atomic E-state index is -0.786. The van der Waals surface area contributed by atoms with E-state index in [1.807, 2.05) is 0 Å². The number of nitro groups is 1. The minimum Gasteiger partial charge on any atom is -0.497 e. The first kappa shape index (κ1) is 15.4. The number of esters is 1. The third kappa shape index (κ3) is 3.98. The Labute approximate surface area is 125 Å². The molecule has 8 heteroatoms. The highest BCUT2D eigenvalue weighted by Crippen LogP contribution is 2.17. The van der Waals surface area contributed by atoms with Gasteiger partial charge in [-0.05, 0) is 30.3 Å². The van der Waals surface area contributed by atoms with Crippen LogP contribution < -0.4 is 9.47 Å². The molecule has 0 radical (unpaired) electrons. The summed E-state index contributed by atoms with van der Waals surface area (Å²) in [5, 5.41) is 10.4. The highest BCUT2D eigenvalue weighted by molar-refractivity contribution is 5.86. The lowest BCUT2D eigenvalue weighted by Gasteiger charge is -2.07. The van der Waals surface area contributed by atoms with Gasteiger partial charge < -0.3 is 18.6 Å². The smallest absolute Gasteiger partial charge is 0.433 e. The summed E-state index contributed by atoms with van der Waals surface area (Å²) in [7, 11) is 1.56. The van der Waals surface area contributed by atoms with Gasteiger partial charge in [0.1, 0.15) is 29.6 Å². The van der Waals surface area contributed by atoms with Crippen molar-refractivity contribution in [3.05, 3.63) is 52.3 Å². The Kier molecular flexibility index (Phi) is 4.97. The van der Waals surface area contributed by atoms with Gasteiger partial charge in [0.05, 0.1) is 13.2 Å². The molecule has 1 aromatic carbocycles. The summed E-state index contributed by atoms with van der Waals surface area (Å²) in [5.74, 6) is -0.215. The van der Waals surface area contributed by atoms with Crippen molar-refractivity contribution in [2.75, 3.05) is 20.3 Å². The topological polar surface area (TPSA) is 101 Å². The number of furan rings is 1. The molecule has 0 bridgehead atoms. The zero-order valence-corrected chi connectivity index (χ0v) is 11.7. The fourth-order valence-corrected chi connectivity index (χ4v) is 1.57. The number of methoxy groups -OCH3 is 1. The lowest BCUT2D eigenvalue weighted by atomic mass is 10.3. The maximum atomic E-state index is 11.6. The number of benzene rings is 1. The van der Waals surface area contributed by atoms with Crippen LogP contribution >= 0.6 is 0 Å². The SMILES string of the molecule is COc1ccc(OCCOC(=O)c2ccc([N+](=O)[O-])o2)cc1. The average molecular weight is 307 g/mol. The Morgan fingerprint density at radius 3 is 2.41 bits per heavy atom. The van der Waals surface area contributed by atoms with Crippen LogP contribution in [0.1, 0.15) is 10.6 Å². The normalized spacial score (nSPS) is 10.0. The van der Waals surface area contributed by atoms with Gasteiger partial charge in [0, 0.05) is 0 Å². The molecule has 0 spiro atoms. The zero-order valence-electron chi connectivity index (χ0n) is 11.7. The van der Waals surface area contributed by atoms with Crippen molar-refractivity contribution in [2.45, 2.75) is 0 Å². The molecule has 0 amide bonds. The predicted octanol–water partition coefficient (Wildman–Crippen LogP) is 2.43. The monoisotopic (exact) mass is 307 g/mol. The van der Waals surface area contributed by atoms with Crippen LogP contribution in [0, 0.1) is 10.1 Å². The molecule has 0 unspecified atom stereocenters. The Morgan fingerprint density at radius 2 is 1.82 bits per heavy atom. The third-order valence-corrected chi connectivity index (χ3v) is 2.62. The van der Waals surface area contributed by atoms with E-state index < -0.39 is 16.8 Å². The van der Waals surface area contributed by atoms with E-state index in [9.17, 15) is 14.9 Å². The molecule has 22 heavy (non-hydrogen) atoms. The molecule has 116 valence electrons. The number of ether oxygens (including phenoxy) is 3. The van der Waals surface area contributed by atoms with Gasteiger partial charge >= 0.3 is 11.9 Å². The first-order valence-electron chi connectivity index (χ1n) is 6.28. The molecule has 2 aromatic rings. The van der Waals surface area contributed by atoms with E-state index in [0.717, 1.165) is 6.07 Å². The highest BCUT2D eigenvalue weighted by Gasteiger charge is 2.18. The number of carbonyl (C=O) groups excluding carboxylic acids is 1. The zero-order chi connectivity index (χ0) is 15.9. The van der Waals surface area contributed by atoms with Crippen LogP contribution in [0.25, 0.3) is 0 Å². The van der Waals surface area contributed by atoms with Crippen molar-refractivity contribution in [3.8, 4) is 11.5 Å². The van der Waals surface area contributed by atoms with Crippen LogP contribution in [0.15, 0.2) is 40.8 Å². The minimum absolute atomic E-state index is 0.0145. The molecular weight excluding hydrogens is 294 g/mol. The van der Waals surface area contributed by atoms with Crippen LogP contribution in [0.2, 0.25) is 0 Å².